The largest absolute Gasteiger partial charge is 0.277 e. The van der Waals surface area contributed by atoms with Gasteiger partial charge >= 0.3 is 0 Å². The van der Waals surface area contributed by atoms with Gasteiger partial charge in [0.25, 0.3) is 11.4 Å². The SMILES string of the molecule is c1cc2[n+](c(-c3cccc4[n+]3CCCC4)c1)CCCC2. The van der Waals surface area contributed by atoms with Gasteiger partial charge in [0.05, 0.1) is 0 Å². The Morgan fingerprint density at radius 2 is 1.10 bits per heavy atom. The summed E-state index contributed by atoms with van der Waals surface area (Å²) >= 11 is 0. The van der Waals surface area contributed by atoms with Crippen molar-refractivity contribution >= 4 is 0 Å². The number of nitrogens with zero attached hydrogens (tertiary/aromatic N) is 2. The van der Waals surface area contributed by atoms with Crippen molar-refractivity contribution in [1.82, 2.24) is 0 Å². The molecular formula is C18H22N2+2. The van der Waals surface area contributed by atoms with E-state index in [1.54, 1.807) is 0 Å². The van der Waals surface area contributed by atoms with Crippen LogP contribution in [0.5, 0.6) is 0 Å². The molecule has 0 fully saturated rings. The fourth-order valence-electron chi connectivity index (χ4n) is 3.73. The number of aryl methyl sites for hydroxylation is 2. The van der Waals surface area contributed by atoms with E-state index in [0.717, 1.165) is 0 Å². The van der Waals surface area contributed by atoms with Crippen molar-refractivity contribution in [3.8, 4) is 11.4 Å². The van der Waals surface area contributed by atoms with Crippen molar-refractivity contribution < 1.29 is 9.13 Å². The van der Waals surface area contributed by atoms with E-state index in [-0.39, 0.29) is 0 Å². The Bertz CT molecular complexity index is 588. The van der Waals surface area contributed by atoms with Crippen molar-refractivity contribution in [2.75, 3.05) is 0 Å². The highest BCUT2D eigenvalue weighted by Crippen LogP contribution is 2.19. The molecule has 20 heavy (non-hydrogen) atoms. The smallest absolute Gasteiger partial charge is 0.190 e. The van der Waals surface area contributed by atoms with Crippen LogP contribution in [0.4, 0.5) is 0 Å². The molecule has 0 N–H and O–H groups in total. The van der Waals surface area contributed by atoms with Crippen LogP contribution in [0.2, 0.25) is 0 Å². The highest BCUT2D eigenvalue weighted by Gasteiger charge is 2.29. The normalized spacial score (nSPS) is 17.4. The third-order valence-electron chi connectivity index (χ3n) is 4.75. The standard InChI is InChI=1S/C18H22N2/c1-3-13-19-15(7-1)9-5-11-17(19)18-12-6-10-16-8-2-4-14-20(16)18/h5-6,9-12H,1-4,7-8,13-14H2/q+2. The summed E-state index contributed by atoms with van der Waals surface area (Å²) < 4.78 is 5.08. The van der Waals surface area contributed by atoms with Crippen LogP contribution in [0, 0.1) is 0 Å². The average molecular weight is 266 g/mol. The van der Waals surface area contributed by atoms with Crippen LogP contribution in [0.1, 0.15) is 37.1 Å². The highest BCUT2D eigenvalue weighted by molar-refractivity contribution is 5.46. The molecule has 2 heteroatoms. The van der Waals surface area contributed by atoms with Crippen LogP contribution in [0.15, 0.2) is 36.4 Å². The van der Waals surface area contributed by atoms with Gasteiger partial charge in [-0.1, -0.05) is 0 Å². The summed E-state index contributed by atoms with van der Waals surface area (Å²) in [7, 11) is 0. The van der Waals surface area contributed by atoms with Gasteiger partial charge in [0, 0.05) is 49.9 Å². The summed E-state index contributed by atoms with van der Waals surface area (Å²) in [5, 5.41) is 0. The minimum absolute atomic E-state index is 1.18. The molecule has 0 saturated heterocycles. The fourth-order valence-corrected chi connectivity index (χ4v) is 3.73. The molecule has 2 aliphatic rings. The minimum atomic E-state index is 1.18. The van der Waals surface area contributed by atoms with E-state index in [1.165, 1.54) is 74.4 Å². The maximum absolute atomic E-state index is 2.54. The zero-order chi connectivity index (χ0) is 13.4. The zero-order valence-corrected chi connectivity index (χ0v) is 12.0. The van der Waals surface area contributed by atoms with E-state index in [1.807, 2.05) is 0 Å². The number of hydrogen-bond acceptors (Lipinski definition) is 0. The predicted octanol–water partition coefficient (Wildman–Crippen LogP) is 2.60. The molecule has 0 saturated carbocycles. The Balaban J connectivity index is 1.90. The van der Waals surface area contributed by atoms with E-state index < -0.39 is 0 Å². The first kappa shape index (κ1) is 12.1. The molecule has 0 spiro atoms. The van der Waals surface area contributed by atoms with Crippen molar-refractivity contribution in [2.24, 2.45) is 0 Å². The van der Waals surface area contributed by atoms with Crippen LogP contribution in [0.3, 0.4) is 0 Å². The van der Waals surface area contributed by atoms with Crippen LogP contribution < -0.4 is 9.13 Å². The third-order valence-corrected chi connectivity index (χ3v) is 4.75. The molecule has 0 aromatic carbocycles. The fraction of sp³-hybridized carbons (Fsp3) is 0.444. The molecule has 0 aliphatic carbocycles. The van der Waals surface area contributed by atoms with Gasteiger partial charge in [-0.3, -0.25) is 0 Å². The molecule has 102 valence electrons. The predicted molar refractivity (Wildman–Crippen MR) is 78.1 cm³/mol. The lowest BCUT2D eigenvalue weighted by atomic mass is 10.0. The second kappa shape index (κ2) is 5.01. The lowest BCUT2D eigenvalue weighted by Gasteiger charge is -2.15. The van der Waals surface area contributed by atoms with Gasteiger partial charge in [0.1, 0.15) is 13.1 Å². The van der Waals surface area contributed by atoms with Crippen LogP contribution in [0.25, 0.3) is 11.4 Å². The van der Waals surface area contributed by atoms with E-state index in [4.69, 9.17) is 0 Å². The van der Waals surface area contributed by atoms with E-state index in [9.17, 15) is 0 Å². The summed E-state index contributed by atoms with van der Waals surface area (Å²) in [4.78, 5) is 0. The van der Waals surface area contributed by atoms with E-state index in [2.05, 4.69) is 45.5 Å². The molecule has 0 atom stereocenters. The maximum atomic E-state index is 2.54. The number of aromatic nitrogens is 2. The zero-order valence-electron chi connectivity index (χ0n) is 12.0. The molecule has 2 nitrogen and oxygen atoms in total. The van der Waals surface area contributed by atoms with Gasteiger partial charge in [-0.15, -0.1) is 0 Å². The Kier molecular flexibility index (Phi) is 3.02. The molecule has 2 aliphatic heterocycles. The molecule has 2 aromatic rings. The molecule has 0 radical (unpaired) electrons. The van der Waals surface area contributed by atoms with E-state index >= 15 is 0 Å². The molecule has 0 bridgehead atoms. The van der Waals surface area contributed by atoms with Crippen molar-refractivity contribution in [1.29, 1.82) is 0 Å². The molecule has 4 rings (SSSR count). The van der Waals surface area contributed by atoms with Gasteiger partial charge in [-0.05, 0) is 25.0 Å². The Morgan fingerprint density at radius 3 is 1.60 bits per heavy atom. The first-order valence-corrected chi connectivity index (χ1v) is 7.97. The Hall–Kier alpha value is -1.70. The summed E-state index contributed by atoms with van der Waals surface area (Å²) in [5.41, 5.74) is 5.82. The Morgan fingerprint density at radius 1 is 0.600 bits per heavy atom. The topological polar surface area (TPSA) is 7.76 Å². The van der Waals surface area contributed by atoms with Gasteiger partial charge in [-0.2, -0.15) is 9.13 Å². The summed E-state index contributed by atoms with van der Waals surface area (Å²) in [6.07, 6.45) is 7.76. The summed E-state index contributed by atoms with van der Waals surface area (Å²) in [6, 6.07) is 13.6. The molecule has 4 heterocycles. The van der Waals surface area contributed by atoms with Gasteiger partial charge < -0.3 is 0 Å². The first-order chi connectivity index (χ1) is 9.93. The number of fused-ring (bicyclic) bond motifs is 2. The average Bonchev–Trinajstić information content (AvgIpc) is 2.54. The van der Waals surface area contributed by atoms with Crippen LogP contribution in [-0.2, 0) is 25.9 Å². The molecular weight excluding hydrogens is 244 g/mol. The number of rotatable bonds is 1. The minimum Gasteiger partial charge on any atom is -0.190 e. The quantitative estimate of drug-likeness (QED) is 0.701. The molecule has 0 amide bonds. The van der Waals surface area contributed by atoms with Gasteiger partial charge in [0.2, 0.25) is 0 Å². The highest BCUT2D eigenvalue weighted by atomic mass is 15.1. The Labute approximate surface area is 120 Å². The van der Waals surface area contributed by atoms with Crippen LogP contribution >= 0.6 is 0 Å². The lowest BCUT2D eigenvalue weighted by molar-refractivity contribution is -0.727. The summed E-state index contributed by atoms with van der Waals surface area (Å²) in [5.74, 6) is 0. The second-order valence-corrected chi connectivity index (χ2v) is 6.02. The lowest BCUT2D eigenvalue weighted by Crippen LogP contribution is -2.49. The third kappa shape index (κ3) is 1.94. The second-order valence-electron chi connectivity index (χ2n) is 6.02. The number of pyridine rings is 2. The summed E-state index contributed by atoms with van der Waals surface area (Å²) in [6.45, 7) is 2.35. The van der Waals surface area contributed by atoms with Gasteiger partial charge in [-0.25, -0.2) is 0 Å². The molecule has 2 aromatic heterocycles. The van der Waals surface area contributed by atoms with Crippen molar-refractivity contribution in [2.45, 2.75) is 51.6 Å². The van der Waals surface area contributed by atoms with Gasteiger partial charge in [0.15, 0.2) is 11.4 Å². The maximum Gasteiger partial charge on any atom is 0.277 e. The first-order valence-electron chi connectivity index (χ1n) is 7.97. The molecule has 0 unspecified atom stereocenters. The number of hydrogen-bond donors (Lipinski definition) is 0. The van der Waals surface area contributed by atoms with Crippen molar-refractivity contribution in [3.05, 3.63) is 47.8 Å². The van der Waals surface area contributed by atoms with E-state index in [0.29, 0.717) is 0 Å². The monoisotopic (exact) mass is 266 g/mol. The van der Waals surface area contributed by atoms with Crippen molar-refractivity contribution in [3.63, 3.8) is 0 Å². The van der Waals surface area contributed by atoms with Crippen LogP contribution in [-0.4, -0.2) is 0 Å².